The van der Waals surface area contributed by atoms with Gasteiger partial charge in [-0.25, -0.2) is 9.78 Å². The molecule has 100 valence electrons. The second kappa shape index (κ2) is 4.65. The van der Waals surface area contributed by atoms with Crippen LogP contribution in [0.25, 0.3) is 16.9 Å². The number of carbonyl (C=O) groups is 1. The summed E-state index contributed by atoms with van der Waals surface area (Å²) in [6, 6.07) is 10.7. The van der Waals surface area contributed by atoms with Crippen LogP contribution in [-0.2, 0) is 0 Å². The number of hydrogen-bond donors (Lipinski definition) is 1. The van der Waals surface area contributed by atoms with E-state index in [0.717, 1.165) is 5.56 Å². The van der Waals surface area contributed by atoms with Crippen LogP contribution in [-0.4, -0.2) is 20.5 Å². The molecule has 2 heterocycles. The normalized spacial score (nSPS) is 10.9. The fourth-order valence-corrected chi connectivity index (χ4v) is 2.38. The largest absolute Gasteiger partial charge is 0.476 e. The van der Waals surface area contributed by atoms with Gasteiger partial charge in [-0.2, -0.15) is 0 Å². The Labute approximate surface area is 120 Å². The maximum atomic E-state index is 11.6. The third-order valence-electron chi connectivity index (χ3n) is 3.07. The zero-order valence-corrected chi connectivity index (χ0v) is 11.4. The minimum absolute atomic E-state index is 0.144. The number of carboxylic acids is 1. The summed E-state index contributed by atoms with van der Waals surface area (Å²) < 4.78 is 1.59. The number of halogens is 1. The minimum Gasteiger partial charge on any atom is -0.476 e. The van der Waals surface area contributed by atoms with E-state index in [2.05, 4.69) is 4.98 Å². The molecule has 1 aromatic carbocycles. The van der Waals surface area contributed by atoms with E-state index in [9.17, 15) is 9.90 Å². The van der Waals surface area contributed by atoms with Crippen LogP contribution in [0.5, 0.6) is 0 Å². The quantitative estimate of drug-likeness (QED) is 0.782. The van der Waals surface area contributed by atoms with Crippen LogP contribution in [0.1, 0.15) is 16.1 Å². The molecule has 0 amide bonds. The first kappa shape index (κ1) is 12.7. The lowest BCUT2D eigenvalue weighted by Crippen LogP contribution is -2.03. The van der Waals surface area contributed by atoms with Crippen molar-refractivity contribution in [1.29, 1.82) is 0 Å². The van der Waals surface area contributed by atoms with E-state index < -0.39 is 5.97 Å². The van der Waals surface area contributed by atoms with Gasteiger partial charge in [-0.3, -0.25) is 4.40 Å². The Bertz CT molecular complexity index is 824. The Kier molecular flexibility index (Phi) is 2.95. The average Bonchev–Trinajstić information content (AvgIpc) is 2.77. The van der Waals surface area contributed by atoms with Crippen molar-refractivity contribution in [2.75, 3.05) is 0 Å². The van der Waals surface area contributed by atoms with Crippen LogP contribution in [0.15, 0.2) is 42.6 Å². The highest BCUT2D eigenvalue weighted by Crippen LogP contribution is 2.27. The van der Waals surface area contributed by atoms with Crippen molar-refractivity contribution in [2.45, 2.75) is 6.92 Å². The van der Waals surface area contributed by atoms with Gasteiger partial charge in [0.05, 0.1) is 0 Å². The Morgan fingerprint density at radius 1 is 1.30 bits per heavy atom. The number of hydrogen-bond acceptors (Lipinski definition) is 2. The molecule has 0 saturated heterocycles. The Balaban J connectivity index is 2.35. The Morgan fingerprint density at radius 3 is 2.80 bits per heavy atom. The molecule has 0 unspecified atom stereocenters. The van der Waals surface area contributed by atoms with Crippen LogP contribution in [0.4, 0.5) is 0 Å². The van der Waals surface area contributed by atoms with Gasteiger partial charge in [0.15, 0.2) is 5.69 Å². The maximum Gasteiger partial charge on any atom is 0.355 e. The molecule has 4 nitrogen and oxygen atoms in total. The van der Waals surface area contributed by atoms with Crippen molar-refractivity contribution in [3.8, 4) is 11.3 Å². The van der Waals surface area contributed by atoms with E-state index in [1.54, 1.807) is 40.9 Å². The topological polar surface area (TPSA) is 54.6 Å². The molecule has 0 saturated carbocycles. The van der Waals surface area contributed by atoms with E-state index in [1.165, 1.54) is 0 Å². The van der Waals surface area contributed by atoms with Crippen molar-refractivity contribution in [3.05, 3.63) is 58.9 Å². The summed E-state index contributed by atoms with van der Waals surface area (Å²) in [4.78, 5) is 16.0. The molecule has 0 bridgehead atoms. The van der Waals surface area contributed by atoms with Crippen molar-refractivity contribution in [1.82, 2.24) is 9.38 Å². The zero-order valence-electron chi connectivity index (χ0n) is 10.7. The van der Waals surface area contributed by atoms with Crippen LogP contribution in [0.3, 0.4) is 0 Å². The van der Waals surface area contributed by atoms with E-state index >= 15 is 0 Å². The van der Waals surface area contributed by atoms with E-state index in [1.807, 2.05) is 13.0 Å². The highest BCUT2D eigenvalue weighted by atomic mass is 35.5. The lowest BCUT2D eigenvalue weighted by atomic mass is 10.1. The number of nitrogens with zero attached hydrogens (tertiary/aromatic N) is 2. The van der Waals surface area contributed by atoms with Crippen molar-refractivity contribution < 1.29 is 9.90 Å². The van der Waals surface area contributed by atoms with Gasteiger partial charge >= 0.3 is 5.97 Å². The lowest BCUT2D eigenvalue weighted by Gasteiger charge is -2.01. The van der Waals surface area contributed by atoms with Crippen LogP contribution in [0.2, 0.25) is 5.02 Å². The molecule has 0 spiro atoms. The zero-order chi connectivity index (χ0) is 14.3. The molecule has 0 atom stereocenters. The molecule has 1 N–H and O–H groups in total. The second-order valence-corrected chi connectivity index (χ2v) is 5.00. The molecule has 0 radical (unpaired) electrons. The smallest absolute Gasteiger partial charge is 0.355 e. The first-order valence-corrected chi connectivity index (χ1v) is 6.42. The predicted molar refractivity (Wildman–Crippen MR) is 77.3 cm³/mol. The minimum atomic E-state index is -1.02. The first-order valence-electron chi connectivity index (χ1n) is 6.04. The van der Waals surface area contributed by atoms with Crippen LogP contribution < -0.4 is 0 Å². The number of aromatic nitrogens is 2. The second-order valence-electron chi connectivity index (χ2n) is 4.56. The maximum absolute atomic E-state index is 11.6. The molecular weight excluding hydrogens is 276 g/mol. The number of fused-ring (bicyclic) bond motifs is 1. The molecule has 0 aliphatic heterocycles. The number of aromatic carboxylic acids is 1. The standard InChI is InChI=1S/C15H11ClN2O2/c1-9-5-6-12-17-13(10-3-2-4-11(16)7-10)14(15(19)20)18(12)8-9/h2-8H,1H3,(H,19,20). The summed E-state index contributed by atoms with van der Waals surface area (Å²) in [5, 5.41) is 10.0. The third-order valence-corrected chi connectivity index (χ3v) is 3.30. The molecule has 2 aromatic heterocycles. The molecule has 0 aliphatic rings. The van der Waals surface area contributed by atoms with E-state index in [-0.39, 0.29) is 5.69 Å². The molecule has 0 aliphatic carbocycles. The number of pyridine rings is 1. The summed E-state index contributed by atoms with van der Waals surface area (Å²) in [5.74, 6) is -1.02. The molecule has 20 heavy (non-hydrogen) atoms. The fraction of sp³-hybridized carbons (Fsp3) is 0.0667. The lowest BCUT2D eigenvalue weighted by molar-refractivity contribution is 0.0690. The molecule has 3 aromatic rings. The molecule has 5 heteroatoms. The van der Waals surface area contributed by atoms with Crippen LogP contribution in [0, 0.1) is 6.92 Å². The monoisotopic (exact) mass is 286 g/mol. The van der Waals surface area contributed by atoms with Gasteiger partial charge in [0.2, 0.25) is 0 Å². The first-order chi connectivity index (χ1) is 9.56. The van der Waals surface area contributed by atoms with Gasteiger partial charge in [0.25, 0.3) is 0 Å². The third kappa shape index (κ3) is 2.04. The summed E-state index contributed by atoms with van der Waals surface area (Å²) in [5.41, 5.74) is 2.82. The molecule has 3 rings (SSSR count). The van der Waals surface area contributed by atoms with E-state index in [4.69, 9.17) is 11.6 Å². The van der Waals surface area contributed by atoms with Crippen molar-refractivity contribution >= 4 is 23.2 Å². The van der Waals surface area contributed by atoms with Crippen LogP contribution >= 0.6 is 11.6 Å². The van der Waals surface area contributed by atoms with Gasteiger partial charge < -0.3 is 5.11 Å². The van der Waals surface area contributed by atoms with Gasteiger partial charge in [-0.05, 0) is 30.7 Å². The Morgan fingerprint density at radius 2 is 2.10 bits per heavy atom. The number of benzene rings is 1. The average molecular weight is 287 g/mol. The Hall–Kier alpha value is -2.33. The molecule has 0 fully saturated rings. The summed E-state index contributed by atoms with van der Waals surface area (Å²) >= 11 is 5.97. The predicted octanol–water partition coefficient (Wildman–Crippen LogP) is 3.66. The molecular formula is C15H11ClN2O2. The number of imidazole rings is 1. The van der Waals surface area contributed by atoms with Gasteiger partial charge in [-0.1, -0.05) is 29.8 Å². The summed E-state index contributed by atoms with van der Waals surface area (Å²) in [6.45, 7) is 1.91. The van der Waals surface area contributed by atoms with Gasteiger partial charge in [-0.15, -0.1) is 0 Å². The number of rotatable bonds is 2. The fourth-order valence-electron chi connectivity index (χ4n) is 2.19. The number of carboxylic acid groups (broad SMARTS) is 1. The highest BCUT2D eigenvalue weighted by Gasteiger charge is 2.19. The summed E-state index contributed by atoms with van der Waals surface area (Å²) in [7, 11) is 0. The SMILES string of the molecule is Cc1ccc2nc(-c3cccc(Cl)c3)c(C(=O)O)n2c1. The summed E-state index contributed by atoms with van der Waals surface area (Å²) in [6.07, 6.45) is 1.76. The van der Waals surface area contributed by atoms with Crippen molar-refractivity contribution in [3.63, 3.8) is 0 Å². The van der Waals surface area contributed by atoms with E-state index in [0.29, 0.717) is 21.9 Å². The van der Waals surface area contributed by atoms with Gasteiger partial charge in [0, 0.05) is 16.8 Å². The number of aryl methyl sites for hydroxylation is 1. The van der Waals surface area contributed by atoms with Crippen molar-refractivity contribution in [2.24, 2.45) is 0 Å². The highest BCUT2D eigenvalue weighted by molar-refractivity contribution is 6.30. The van der Waals surface area contributed by atoms with Gasteiger partial charge in [0.1, 0.15) is 11.3 Å².